The van der Waals surface area contributed by atoms with Gasteiger partial charge in [-0.2, -0.15) is 0 Å². The largest absolute Gasteiger partial charge is 0.508 e. The highest BCUT2D eigenvalue weighted by molar-refractivity contribution is 5.85. The summed E-state index contributed by atoms with van der Waals surface area (Å²) in [4.78, 5) is 15.1. The molecule has 0 amide bonds. The number of nitrogens with zero attached hydrogens (tertiary/aromatic N) is 1. The smallest absolute Gasteiger partial charge is 0.326 e. The van der Waals surface area contributed by atoms with Crippen LogP contribution in [0.25, 0.3) is 11.0 Å². The fourth-order valence-electron chi connectivity index (χ4n) is 4.06. The van der Waals surface area contributed by atoms with Gasteiger partial charge in [0.1, 0.15) is 5.75 Å². The van der Waals surface area contributed by atoms with Crippen LogP contribution in [0.3, 0.4) is 0 Å². The first kappa shape index (κ1) is 20.5. The van der Waals surface area contributed by atoms with Gasteiger partial charge in [0.15, 0.2) is 0 Å². The minimum absolute atomic E-state index is 0. The Kier molecular flexibility index (Phi) is 6.13. The Bertz CT molecular complexity index is 1010. The molecule has 0 aliphatic carbocycles. The summed E-state index contributed by atoms with van der Waals surface area (Å²) in [5, 5.41) is 24.4. The molecule has 0 saturated heterocycles. The number of benzene rings is 2. The van der Waals surface area contributed by atoms with Gasteiger partial charge in [0.05, 0.1) is 17.1 Å². The lowest BCUT2D eigenvalue weighted by molar-refractivity contribution is 0.119. The van der Waals surface area contributed by atoms with E-state index in [0.717, 1.165) is 35.0 Å². The third-order valence-electron chi connectivity index (χ3n) is 5.52. The number of aliphatic hydroxyl groups excluding tert-OH is 1. The summed E-state index contributed by atoms with van der Waals surface area (Å²) in [6.07, 6.45) is 1.60. The number of H-pyrrole nitrogens is 1. The van der Waals surface area contributed by atoms with Crippen LogP contribution in [0.4, 0.5) is 0 Å². The van der Waals surface area contributed by atoms with Crippen LogP contribution in [0.5, 0.6) is 5.75 Å². The third-order valence-corrected chi connectivity index (χ3v) is 5.52. The first-order chi connectivity index (χ1) is 13.0. The van der Waals surface area contributed by atoms with E-state index in [4.69, 9.17) is 0 Å². The molecule has 0 saturated carbocycles. The van der Waals surface area contributed by atoms with Crippen molar-refractivity contribution in [3.05, 3.63) is 64.1 Å². The summed E-state index contributed by atoms with van der Waals surface area (Å²) >= 11 is 0. The fraction of sp³-hybridized carbons (Fsp3) is 0.381. The van der Waals surface area contributed by atoms with Gasteiger partial charge < -0.3 is 20.5 Å². The van der Waals surface area contributed by atoms with E-state index in [1.807, 2.05) is 36.4 Å². The molecule has 150 valence electrons. The van der Waals surface area contributed by atoms with E-state index in [-0.39, 0.29) is 30.2 Å². The Balaban J connectivity index is 0.00000225. The number of phenols is 1. The van der Waals surface area contributed by atoms with Crippen LogP contribution in [0.1, 0.15) is 37.0 Å². The molecule has 0 radical (unpaired) electrons. The summed E-state index contributed by atoms with van der Waals surface area (Å²) in [7, 11) is 0. The van der Waals surface area contributed by atoms with Crippen molar-refractivity contribution in [2.75, 3.05) is 0 Å². The number of hydrogen-bond acceptors (Lipinski definition) is 4. The molecular weight excluding hydrogens is 378 g/mol. The van der Waals surface area contributed by atoms with Crippen molar-refractivity contribution in [1.82, 2.24) is 14.9 Å². The van der Waals surface area contributed by atoms with Crippen molar-refractivity contribution in [3.8, 4) is 5.75 Å². The van der Waals surface area contributed by atoms with Crippen LogP contribution in [-0.4, -0.2) is 31.8 Å². The van der Waals surface area contributed by atoms with Gasteiger partial charge in [-0.15, -0.1) is 12.4 Å². The molecule has 4 rings (SSSR count). The number of para-hydroxylation sites is 2. The summed E-state index contributed by atoms with van der Waals surface area (Å²) in [6.45, 7) is 2.65. The molecule has 28 heavy (non-hydrogen) atoms. The maximum Gasteiger partial charge on any atom is 0.326 e. The van der Waals surface area contributed by atoms with Crippen LogP contribution in [0, 0.1) is 0 Å². The Morgan fingerprint density at radius 2 is 2.04 bits per heavy atom. The average Bonchev–Trinajstić information content (AvgIpc) is 2.91. The van der Waals surface area contributed by atoms with E-state index in [0.29, 0.717) is 18.7 Å². The zero-order valence-electron chi connectivity index (χ0n) is 15.8. The molecule has 2 heterocycles. The lowest BCUT2D eigenvalue weighted by atomic mass is 9.98. The van der Waals surface area contributed by atoms with Crippen molar-refractivity contribution in [2.45, 2.75) is 50.9 Å². The lowest BCUT2D eigenvalue weighted by Crippen LogP contribution is -2.41. The Morgan fingerprint density at radius 1 is 1.25 bits per heavy atom. The fourth-order valence-corrected chi connectivity index (χ4v) is 4.06. The molecule has 6 nitrogen and oxygen atoms in total. The zero-order chi connectivity index (χ0) is 19.0. The maximum atomic E-state index is 12.2. The number of aromatic nitrogens is 2. The second-order valence-electron chi connectivity index (χ2n) is 7.40. The number of aryl methyl sites for hydroxylation is 2. The summed E-state index contributed by atoms with van der Waals surface area (Å²) < 4.78 is 1.72. The highest BCUT2D eigenvalue weighted by Gasteiger charge is 2.29. The minimum Gasteiger partial charge on any atom is -0.508 e. The van der Waals surface area contributed by atoms with E-state index in [9.17, 15) is 15.0 Å². The number of hydrogen-bond donors (Lipinski definition) is 4. The van der Waals surface area contributed by atoms with Crippen molar-refractivity contribution in [1.29, 1.82) is 0 Å². The highest BCUT2D eigenvalue weighted by Crippen LogP contribution is 2.30. The van der Waals surface area contributed by atoms with Gasteiger partial charge in [-0.25, -0.2) is 4.79 Å². The second kappa shape index (κ2) is 8.39. The summed E-state index contributed by atoms with van der Waals surface area (Å²) in [5.41, 5.74) is 3.16. The molecule has 1 aliphatic heterocycles. The van der Waals surface area contributed by atoms with Gasteiger partial charge >= 0.3 is 5.69 Å². The molecule has 0 spiro atoms. The van der Waals surface area contributed by atoms with E-state index in [1.54, 1.807) is 10.6 Å². The normalized spacial score (nSPS) is 19.8. The van der Waals surface area contributed by atoms with Crippen molar-refractivity contribution >= 4 is 23.4 Å². The quantitative estimate of drug-likeness (QED) is 0.527. The topological polar surface area (TPSA) is 90.3 Å². The molecule has 2 aromatic carbocycles. The summed E-state index contributed by atoms with van der Waals surface area (Å²) in [5.74, 6) is 0.324. The predicted octanol–water partition coefficient (Wildman–Crippen LogP) is 2.87. The standard InChI is InChI=1S/C21H25N3O3.ClH/c1-13(9-10-14-5-2-3-8-18(14)25)22-17-11-12-24-19-15(20(17)26)6-4-7-16(19)23-21(24)27;/h2-8,13,17,20,22,25-26H,9-12H2,1H3,(H,23,27);1H. The van der Waals surface area contributed by atoms with Gasteiger partial charge in [0.25, 0.3) is 0 Å². The lowest BCUT2D eigenvalue weighted by Gasteiger charge is -2.26. The SMILES string of the molecule is CC(CCc1ccccc1O)NC1CCn2c(=O)[nH]c3cccc(c32)C1O.Cl. The van der Waals surface area contributed by atoms with E-state index >= 15 is 0 Å². The molecule has 4 N–H and O–H groups in total. The molecule has 3 atom stereocenters. The summed E-state index contributed by atoms with van der Waals surface area (Å²) in [6, 6.07) is 13.0. The average molecular weight is 404 g/mol. The van der Waals surface area contributed by atoms with Crippen molar-refractivity contribution < 1.29 is 10.2 Å². The Labute approximate surface area is 169 Å². The van der Waals surface area contributed by atoms with Gasteiger partial charge in [0, 0.05) is 24.2 Å². The number of aromatic amines is 1. The Hall–Kier alpha value is -2.28. The van der Waals surface area contributed by atoms with Crippen molar-refractivity contribution in [2.24, 2.45) is 0 Å². The molecule has 7 heteroatoms. The number of imidazole rings is 1. The number of phenolic OH excluding ortho intramolecular Hbond substituents is 1. The van der Waals surface area contributed by atoms with Gasteiger partial charge in [-0.05, 0) is 43.9 Å². The monoisotopic (exact) mass is 403 g/mol. The maximum absolute atomic E-state index is 12.2. The first-order valence-corrected chi connectivity index (χ1v) is 9.47. The van der Waals surface area contributed by atoms with Crippen LogP contribution >= 0.6 is 12.4 Å². The minimum atomic E-state index is -0.676. The van der Waals surface area contributed by atoms with Crippen molar-refractivity contribution in [3.63, 3.8) is 0 Å². The second-order valence-corrected chi connectivity index (χ2v) is 7.40. The first-order valence-electron chi connectivity index (χ1n) is 9.47. The molecular formula is C21H26ClN3O3. The predicted molar refractivity (Wildman–Crippen MR) is 112 cm³/mol. The van der Waals surface area contributed by atoms with Crippen LogP contribution < -0.4 is 11.0 Å². The molecule has 3 unspecified atom stereocenters. The third kappa shape index (κ3) is 3.81. The van der Waals surface area contributed by atoms with Crippen LogP contribution in [0.2, 0.25) is 0 Å². The number of aliphatic hydroxyl groups is 1. The van der Waals surface area contributed by atoms with Gasteiger partial charge in [0.2, 0.25) is 0 Å². The highest BCUT2D eigenvalue weighted by atomic mass is 35.5. The molecule has 3 aromatic rings. The van der Waals surface area contributed by atoms with Crippen LogP contribution in [-0.2, 0) is 13.0 Å². The van der Waals surface area contributed by atoms with Gasteiger partial charge in [-0.1, -0.05) is 30.3 Å². The number of nitrogens with one attached hydrogen (secondary N) is 2. The number of aromatic hydroxyl groups is 1. The Morgan fingerprint density at radius 3 is 2.82 bits per heavy atom. The molecule has 1 aliphatic rings. The number of halogens is 1. The van der Waals surface area contributed by atoms with Gasteiger partial charge in [-0.3, -0.25) is 4.57 Å². The molecule has 0 fully saturated rings. The van der Waals surface area contributed by atoms with E-state index in [1.165, 1.54) is 0 Å². The van der Waals surface area contributed by atoms with E-state index in [2.05, 4.69) is 17.2 Å². The number of rotatable bonds is 5. The molecule has 1 aromatic heterocycles. The zero-order valence-corrected chi connectivity index (χ0v) is 16.6. The molecule has 0 bridgehead atoms. The van der Waals surface area contributed by atoms with Crippen LogP contribution in [0.15, 0.2) is 47.3 Å². The van der Waals surface area contributed by atoms with E-state index < -0.39 is 6.10 Å².